The largest absolute Gasteiger partial charge is 0.456 e. The van der Waals surface area contributed by atoms with Crippen LogP contribution in [-0.2, 0) is 9.53 Å². The summed E-state index contributed by atoms with van der Waals surface area (Å²) in [4.78, 5) is 14.4. The molecule has 0 heterocycles. The highest BCUT2D eigenvalue weighted by Crippen LogP contribution is 2.22. The molecule has 3 nitrogen and oxygen atoms in total. The van der Waals surface area contributed by atoms with Gasteiger partial charge in [-0.2, -0.15) is 0 Å². The molecule has 21 heavy (non-hydrogen) atoms. The minimum Gasteiger partial charge on any atom is -0.456 e. The summed E-state index contributed by atoms with van der Waals surface area (Å²) in [6.07, 6.45) is 8.05. The molecular weight excluding hydrogens is 262 g/mol. The van der Waals surface area contributed by atoms with Crippen molar-refractivity contribution < 1.29 is 9.53 Å². The molecule has 0 N–H and O–H groups in total. The van der Waals surface area contributed by atoms with E-state index in [-0.39, 0.29) is 18.1 Å². The molecule has 2 unspecified atom stereocenters. The lowest BCUT2D eigenvalue weighted by Crippen LogP contribution is -2.39. The van der Waals surface area contributed by atoms with Crippen LogP contribution in [0.25, 0.3) is 0 Å². The van der Waals surface area contributed by atoms with Crippen molar-refractivity contribution >= 4 is 5.97 Å². The molecule has 0 radical (unpaired) electrons. The Morgan fingerprint density at radius 1 is 1.19 bits per heavy atom. The molecule has 0 saturated heterocycles. The molecular formula is C18H23NO2. The summed E-state index contributed by atoms with van der Waals surface area (Å²) in [5.74, 6) is -0.200. The van der Waals surface area contributed by atoms with E-state index in [1.54, 1.807) is 0 Å². The van der Waals surface area contributed by atoms with E-state index < -0.39 is 0 Å². The minimum absolute atomic E-state index is 0.200. The van der Waals surface area contributed by atoms with Crippen molar-refractivity contribution in [2.75, 3.05) is 14.1 Å². The quantitative estimate of drug-likeness (QED) is 0.776. The van der Waals surface area contributed by atoms with Crippen LogP contribution in [0.2, 0.25) is 0 Å². The van der Waals surface area contributed by atoms with Gasteiger partial charge in [0.1, 0.15) is 12.1 Å². The maximum atomic E-state index is 12.5. The Morgan fingerprint density at radius 2 is 1.90 bits per heavy atom. The van der Waals surface area contributed by atoms with Gasteiger partial charge in [0, 0.05) is 0 Å². The van der Waals surface area contributed by atoms with Crippen LogP contribution >= 0.6 is 0 Å². The Morgan fingerprint density at radius 3 is 2.48 bits per heavy atom. The normalized spacial score (nSPS) is 17.2. The summed E-state index contributed by atoms with van der Waals surface area (Å²) in [5, 5.41) is 0. The lowest BCUT2D eigenvalue weighted by atomic mass is 9.99. The maximum Gasteiger partial charge on any atom is 0.328 e. The number of rotatable bonds is 5. The van der Waals surface area contributed by atoms with Crippen LogP contribution in [0.4, 0.5) is 0 Å². The topological polar surface area (TPSA) is 29.5 Å². The van der Waals surface area contributed by atoms with E-state index in [1.807, 2.05) is 62.3 Å². The fourth-order valence-electron chi connectivity index (χ4n) is 2.51. The highest BCUT2D eigenvalue weighted by Gasteiger charge is 2.27. The molecule has 0 amide bonds. The van der Waals surface area contributed by atoms with E-state index in [0.717, 1.165) is 24.0 Å². The molecule has 0 spiro atoms. The first-order valence-electron chi connectivity index (χ1n) is 7.38. The first-order chi connectivity index (χ1) is 10.1. The van der Waals surface area contributed by atoms with Gasteiger partial charge < -0.3 is 4.74 Å². The van der Waals surface area contributed by atoms with Gasteiger partial charge in [-0.25, -0.2) is 4.79 Å². The van der Waals surface area contributed by atoms with Crippen LogP contribution in [0.15, 0.2) is 54.1 Å². The molecule has 0 aromatic heterocycles. The van der Waals surface area contributed by atoms with E-state index in [4.69, 9.17) is 4.74 Å². The van der Waals surface area contributed by atoms with Gasteiger partial charge in [-0.1, -0.05) is 48.6 Å². The minimum atomic E-state index is -0.340. The number of likely N-dealkylation sites (N-methyl/N-ethyl adjacent to an activating group) is 1. The molecule has 1 aromatic carbocycles. The van der Waals surface area contributed by atoms with Crippen LogP contribution in [0.3, 0.4) is 0 Å². The number of esters is 1. The number of nitrogens with zero attached hydrogens (tertiary/aromatic N) is 1. The number of hydrogen-bond acceptors (Lipinski definition) is 3. The zero-order valence-corrected chi connectivity index (χ0v) is 13.0. The predicted molar refractivity (Wildman–Crippen MR) is 84.9 cm³/mol. The molecule has 0 bridgehead atoms. The van der Waals surface area contributed by atoms with E-state index in [2.05, 4.69) is 12.2 Å². The molecule has 1 aromatic rings. The summed E-state index contributed by atoms with van der Waals surface area (Å²) in [6, 6.07) is 9.47. The third-order valence-corrected chi connectivity index (χ3v) is 3.64. The van der Waals surface area contributed by atoms with Crippen molar-refractivity contribution in [3.63, 3.8) is 0 Å². The zero-order chi connectivity index (χ0) is 15.2. The smallest absolute Gasteiger partial charge is 0.328 e. The Hall–Kier alpha value is -1.87. The standard InChI is InChI=1S/C18H23NO2/c1-14(15-10-6-4-7-11-15)21-18(20)17(19(2)3)16-12-8-5-9-13-16/h4,6-8,10-14,17H,5,9H2,1-3H3. The molecule has 2 rings (SSSR count). The Kier molecular flexibility index (Phi) is 5.34. The summed E-state index contributed by atoms with van der Waals surface area (Å²) in [6.45, 7) is 1.91. The molecule has 0 saturated carbocycles. The first kappa shape index (κ1) is 15.5. The van der Waals surface area contributed by atoms with E-state index in [1.165, 1.54) is 0 Å². The SMILES string of the molecule is CC(OC(=O)C(C1=CCCC=C1)N(C)C)c1ccccc1. The number of ether oxygens (including phenoxy) is 1. The lowest BCUT2D eigenvalue weighted by Gasteiger charge is -2.26. The molecule has 3 heteroatoms. The van der Waals surface area contributed by atoms with Gasteiger partial charge in [0.2, 0.25) is 0 Å². The highest BCUT2D eigenvalue weighted by molar-refractivity contribution is 5.80. The van der Waals surface area contributed by atoms with Crippen LogP contribution in [-0.4, -0.2) is 31.0 Å². The second-order valence-electron chi connectivity index (χ2n) is 5.54. The second-order valence-corrected chi connectivity index (χ2v) is 5.54. The fraction of sp³-hybridized carbons (Fsp3) is 0.389. The van der Waals surface area contributed by atoms with Gasteiger partial charge >= 0.3 is 5.97 Å². The first-order valence-corrected chi connectivity index (χ1v) is 7.38. The van der Waals surface area contributed by atoms with Gasteiger partial charge in [0.15, 0.2) is 0 Å². The molecule has 112 valence electrons. The van der Waals surface area contributed by atoms with Gasteiger partial charge in [0.05, 0.1) is 0 Å². The molecule has 2 atom stereocenters. The monoisotopic (exact) mass is 285 g/mol. The van der Waals surface area contributed by atoms with Gasteiger partial charge in [-0.05, 0) is 45.0 Å². The molecule has 1 aliphatic rings. The summed E-state index contributed by atoms with van der Waals surface area (Å²) in [7, 11) is 3.81. The average molecular weight is 285 g/mol. The van der Waals surface area contributed by atoms with Crippen LogP contribution < -0.4 is 0 Å². The van der Waals surface area contributed by atoms with E-state index in [9.17, 15) is 4.79 Å². The predicted octanol–water partition coefficient (Wildman–Crippen LogP) is 3.50. The number of carbonyl (C=O) groups is 1. The lowest BCUT2D eigenvalue weighted by molar-refractivity contribution is -0.152. The molecule has 0 aliphatic heterocycles. The highest BCUT2D eigenvalue weighted by atomic mass is 16.5. The van der Waals surface area contributed by atoms with Crippen molar-refractivity contribution in [2.24, 2.45) is 0 Å². The maximum absolute atomic E-state index is 12.5. The van der Waals surface area contributed by atoms with Crippen molar-refractivity contribution in [2.45, 2.75) is 31.9 Å². The fourth-order valence-corrected chi connectivity index (χ4v) is 2.51. The summed E-state index contributed by atoms with van der Waals surface area (Å²) < 4.78 is 5.66. The van der Waals surface area contributed by atoms with Crippen molar-refractivity contribution in [1.82, 2.24) is 4.90 Å². The Labute approximate surface area is 126 Å². The number of hydrogen-bond donors (Lipinski definition) is 0. The average Bonchev–Trinajstić information content (AvgIpc) is 2.49. The second kappa shape index (κ2) is 7.23. The van der Waals surface area contributed by atoms with Crippen LogP contribution in [0.5, 0.6) is 0 Å². The van der Waals surface area contributed by atoms with Gasteiger partial charge in [-0.3, -0.25) is 4.90 Å². The number of allylic oxidation sites excluding steroid dienone is 2. The van der Waals surface area contributed by atoms with Crippen molar-refractivity contribution in [3.05, 3.63) is 59.7 Å². The number of benzene rings is 1. The summed E-state index contributed by atoms with van der Waals surface area (Å²) in [5.41, 5.74) is 2.04. The molecule has 0 fully saturated rings. The third-order valence-electron chi connectivity index (χ3n) is 3.64. The van der Waals surface area contributed by atoms with E-state index in [0.29, 0.717) is 0 Å². The molecule has 1 aliphatic carbocycles. The Bertz CT molecular complexity index is 531. The van der Waals surface area contributed by atoms with Gasteiger partial charge in [0.25, 0.3) is 0 Å². The number of carbonyl (C=O) groups excluding carboxylic acids is 1. The van der Waals surface area contributed by atoms with Crippen LogP contribution in [0.1, 0.15) is 31.4 Å². The van der Waals surface area contributed by atoms with Crippen LogP contribution in [0, 0.1) is 0 Å². The van der Waals surface area contributed by atoms with Crippen molar-refractivity contribution in [3.8, 4) is 0 Å². The van der Waals surface area contributed by atoms with E-state index >= 15 is 0 Å². The Balaban J connectivity index is 2.09. The third kappa shape index (κ3) is 4.05. The van der Waals surface area contributed by atoms with Crippen molar-refractivity contribution in [1.29, 1.82) is 0 Å². The van der Waals surface area contributed by atoms with Gasteiger partial charge in [-0.15, -0.1) is 0 Å². The zero-order valence-electron chi connectivity index (χ0n) is 13.0. The summed E-state index contributed by atoms with van der Waals surface area (Å²) >= 11 is 0.